The van der Waals surface area contributed by atoms with Gasteiger partial charge in [-0.3, -0.25) is 5.10 Å². The minimum Gasteiger partial charge on any atom is -0.313 e. The Morgan fingerprint density at radius 3 is 2.74 bits per heavy atom. The monoisotopic (exact) mass is 284 g/mol. The Bertz CT molecular complexity index is 544. The van der Waals surface area contributed by atoms with E-state index in [4.69, 9.17) is 0 Å². The van der Waals surface area contributed by atoms with Crippen LogP contribution in [0.15, 0.2) is 11.1 Å². The van der Waals surface area contributed by atoms with Crippen LogP contribution in [0.5, 0.6) is 0 Å². The van der Waals surface area contributed by atoms with E-state index in [2.05, 4.69) is 15.5 Å². The molecule has 19 heavy (non-hydrogen) atoms. The normalized spacial score (nSPS) is 24.2. The number of nitrogens with zero attached hydrogens (tertiary/aromatic N) is 2. The molecule has 1 saturated heterocycles. The highest BCUT2D eigenvalue weighted by Gasteiger charge is 2.40. The second-order valence-electron chi connectivity index (χ2n) is 5.46. The van der Waals surface area contributed by atoms with Gasteiger partial charge < -0.3 is 5.32 Å². The Kier molecular flexibility index (Phi) is 3.36. The van der Waals surface area contributed by atoms with Gasteiger partial charge in [0.2, 0.25) is 10.0 Å². The van der Waals surface area contributed by atoms with Crippen LogP contribution in [0.25, 0.3) is 0 Å². The Morgan fingerprint density at radius 2 is 2.21 bits per heavy atom. The van der Waals surface area contributed by atoms with E-state index < -0.39 is 10.0 Å². The van der Waals surface area contributed by atoms with Crippen LogP contribution in [-0.2, 0) is 10.0 Å². The summed E-state index contributed by atoms with van der Waals surface area (Å²) in [5.41, 5.74) is 0.616. The van der Waals surface area contributed by atoms with Crippen molar-refractivity contribution < 1.29 is 8.42 Å². The van der Waals surface area contributed by atoms with Gasteiger partial charge in [0.15, 0.2) is 0 Å². The lowest BCUT2D eigenvalue weighted by molar-refractivity contribution is 0.362. The second-order valence-corrected chi connectivity index (χ2v) is 7.32. The summed E-state index contributed by atoms with van der Waals surface area (Å²) in [6.45, 7) is 3.32. The average Bonchev–Trinajstić information content (AvgIpc) is 2.88. The number of hydrogen-bond acceptors (Lipinski definition) is 4. The zero-order valence-corrected chi connectivity index (χ0v) is 11.9. The molecule has 7 heteroatoms. The number of nitrogens with one attached hydrogen (secondary N) is 2. The van der Waals surface area contributed by atoms with Crippen molar-refractivity contribution in [2.45, 2.75) is 49.6 Å². The van der Waals surface area contributed by atoms with Crippen LogP contribution in [0.2, 0.25) is 0 Å². The van der Waals surface area contributed by atoms with Crippen LogP contribution < -0.4 is 5.32 Å². The van der Waals surface area contributed by atoms with Crippen LogP contribution in [0.3, 0.4) is 0 Å². The van der Waals surface area contributed by atoms with E-state index in [-0.39, 0.29) is 6.04 Å². The number of aromatic amines is 1. The zero-order chi connectivity index (χ0) is 13.5. The quantitative estimate of drug-likeness (QED) is 0.831. The van der Waals surface area contributed by atoms with Crippen LogP contribution in [0.1, 0.15) is 31.4 Å². The maximum absolute atomic E-state index is 12.7. The number of sulfonamides is 1. The van der Waals surface area contributed by atoms with Gasteiger partial charge in [0.25, 0.3) is 0 Å². The molecule has 3 rings (SSSR count). The third kappa shape index (κ3) is 2.54. The molecule has 6 nitrogen and oxygen atoms in total. The van der Waals surface area contributed by atoms with Crippen molar-refractivity contribution in [3.05, 3.63) is 11.9 Å². The largest absolute Gasteiger partial charge is 0.313 e. The molecule has 1 aromatic heterocycles. The van der Waals surface area contributed by atoms with E-state index in [1.54, 1.807) is 11.2 Å². The number of hydrogen-bond donors (Lipinski definition) is 2. The van der Waals surface area contributed by atoms with Gasteiger partial charge in [-0.2, -0.15) is 9.40 Å². The molecule has 1 aliphatic carbocycles. The molecule has 2 fully saturated rings. The minimum atomic E-state index is -3.41. The highest BCUT2D eigenvalue weighted by molar-refractivity contribution is 7.89. The van der Waals surface area contributed by atoms with Gasteiger partial charge in [0.1, 0.15) is 4.90 Å². The fourth-order valence-electron chi connectivity index (χ4n) is 2.66. The summed E-state index contributed by atoms with van der Waals surface area (Å²) < 4.78 is 27.1. The van der Waals surface area contributed by atoms with Crippen LogP contribution in [0.4, 0.5) is 0 Å². The Hall–Kier alpha value is -0.920. The highest BCUT2D eigenvalue weighted by Crippen LogP contribution is 2.33. The molecule has 1 saturated carbocycles. The predicted octanol–water partition coefficient (Wildman–Crippen LogP) is 0.623. The molecule has 2 aliphatic rings. The average molecular weight is 284 g/mol. The molecule has 0 spiro atoms. The molecule has 1 aliphatic heterocycles. The molecular weight excluding hydrogens is 264 g/mol. The number of aryl methyl sites for hydroxylation is 1. The molecule has 0 amide bonds. The van der Waals surface area contributed by atoms with Gasteiger partial charge in [-0.25, -0.2) is 8.42 Å². The van der Waals surface area contributed by atoms with Gasteiger partial charge >= 0.3 is 0 Å². The Labute approximate surface area is 113 Å². The van der Waals surface area contributed by atoms with E-state index in [1.807, 2.05) is 0 Å². The van der Waals surface area contributed by atoms with E-state index >= 15 is 0 Å². The molecule has 1 unspecified atom stereocenters. The van der Waals surface area contributed by atoms with E-state index in [1.165, 1.54) is 6.20 Å². The third-order valence-corrected chi connectivity index (χ3v) is 5.92. The van der Waals surface area contributed by atoms with Crippen molar-refractivity contribution in [1.82, 2.24) is 19.8 Å². The van der Waals surface area contributed by atoms with E-state index in [0.29, 0.717) is 23.2 Å². The lowest BCUT2D eigenvalue weighted by Crippen LogP contribution is -2.42. The first-order chi connectivity index (χ1) is 9.09. The van der Waals surface area contributed by atoms with Gasteiger partial charge in [-0.1, -0.05) is 0 Å². The SMILES string of the molecule is Cc1[nH]ncc1S(=O)(=O)N(CC1CCCN1)C1CC1. The molecule has 0 radical (unpaired) electrons. The number of rotatable bonds is 5. The van der Waals surface area contributed by atoms with Crippen molar-refractivity contribution in [1.29, 1.82) is 0 Å². The predicted molar refractivity (Wildman–Crippen MR) is 71.3 cm³/mol. The molecule has 2 heterocycles. The summed E-state index contributed by atoms with van der Waals surface area (Å²) in [5.74, 6) is 0. The summed E-state index contributed by atoms with van der Waals surface area (Å²) in [6, 6.07) is 0.476. The first-order valence-electron chi connectivity index (χ1n) is 6.84. The molecule has 2 N–H and O–H groups in total. The summed E-state index contributed by atoms with van der Waals surface area (Å²) in [4.78, 5) is 0.317. The summed E-state index contributed by atoms with van der Waals surface area (Å²) >= 11 is 0. The topological polar surface area (TPSA) is 78.1 Å². The fourth-order valence-corrected chi connectivity index (χ4v) is 4.51. The maximum atomic E-state index is 12.7. The minimum absolute atomic E-state index is 0.182. The van der Waals surface area contributed by atoms with Crippen LogP contribution >= 0.6 is 0 Å². The Balaban J connectivity index is 1.84. The molecule has 106 valence electrons. The molecular formula is C12H20N4O2S. The van der Waals surface area contributed by atoms with Gasteiger partial charge in [0, 0.05) is 18.6 Å². The highest BCUT2D eigenvalue weighted by atomic mass is 32.2. The fraction of sp³-hybridized carbons (Fsp3) is 0.750. The van der Waals surface area contributed by atoms with Crippen LogP contribution in [-0.4, -0.2) is 48.1 Å². The van der Waals surface area contributed by atoms with E-state index in [9.17, 15) is 8.42 Å². The maximum Gasteiger partial charge on any atom is 0.246 e. The Morgan fingerprint density at radius 1 is 1.42 bits per heavy atom. The van der Waals surface area contributed by atoms with Crippen molar-refractivity contribution in [3.8, 4) is 0 Å². The summed E-state index contributed by atoms with van der Waals surface area (Å²) in [7, 11) is -3.41. The first-order valence-corrected chi connectivity index (χ1v) is 8.28. The number of aromatic nitrogens is 2. The molecule has 0 bridgehead atoms. The molecule has 1 aromatic rings. The van der Waals surface area contributed by atoms with E-state index in [0.717, 1.165) is 32.2 Å². The third-order valence-electron chi connectivity index (χ3n) is 3.89. The van der Waals surface area contributed by atoms with Crippen molar-refractivity contribution in [3.63, 3.8) is 0 Å². The second kappa shape index (κ2) is 4.88. The zero-order valence-electron chi connectivity index (χ0n) is 11.1. The molecule has 1 atom stereocenters. The standard InChI is InChI=1S/C12H20N4O2S/c1-9-12(7-14-15-9)19(17,18)16(11-4-5-11)8-10-3-2-6-13-10/h7,10-11,13H,2-6,8H2,1H3,(H,14,15). The summed E-state index contributed by atoms with van der Waals surface area (Å²) in [6.07, 6.45) is 5.56. The van der Waals surface area contributed by atoms with Crippen molar-refractivity contribution in [2.75, 3.05) is 13.1 Å². The van der Waals surface area contributed by atoms with Crippen molar-refractivity contribution >= 4 is 10.0 Å². The van der Waals surface area contributed by atoms with Gasteiger partial charge in [-0.15, -0.1) is 0 Å². The van der Waals surface area contributed by atoms with Crippen LogP contribution in [0, 0.1) is 6.92 Å². The van der Waals surface area contributed by atoms with Gasteiger partial charge in [-0.05, 0) is 39.2 Å². The van der Waals surface area contributed by atoms with Gasteiger partial charge in [0.05, 0.1) is 11.9 Å². The number of H-pyrrole nitrogens is 1. The smallest absolute Gasteiger partial charge is 0.246 e. The lowest BCUT2D eigenvalue weighted by Gasteiger charge is -2.24. The first kappa shape index (κ1) is 13.1. The summed E-state index contributed by atoms with van der Waals surface area (Å²) in [5, 5.41) is 9.92. The molecule has 0 aromatic carbocycles. The lowest BCUT2D eigenvalue weighted by atomic mass is 10.2. The van der Waals surface area contributed by atoms with Crippen molar-refractivity contribution in [2.24, 2.45) is 0 Å².